The predicted octanol–water partition coefficient (Wildman–Crippen LogP) is 4.53. The van der Waals surface area contributed by atoms with Gasteiger partial charge in [-0.2, -0.15) is 5.10 Å². The molecule has 5 nitrogen and oxygen atoms in total. The zero-order chi connectivity index (χ0) is 18.8. The van der Waals surface area contributed by atoms with Gasteiger partial charge in [-0.15, -0.1) is 0 Å². The van der Waals surface area contributed by atoms with Crippen molar-refractivity contribution in [3.63, 3.8) is 0 Å². The second-order valence-corrected chi connectivity index (χ2v) is 7.56. The molecule has 1 aromatic heterocycles. The van der Waals surface area contributed by atoms with Crippen LogP contribution in [0.25, 0.3) is 11.4 Å². The van der Waals surface area contributed by atoms with E-state index in [1.165, 1.54) is 0 Å². The van der Waals surface area contributed by atoms with Gasteiger partial charge in [0.1, 0.15) is 6.54 Å². The van der Waals surface area contributed by atoms with Crippen LogP contribution in [0.3, 0.4) is 0 Å². The van der Waals surface area contributed by atoms with Crippen molar-refractivity contribution < 1.29 is 4.79 Å². The fourth-order valence-corrected chi connectivity index (χ4v) is 3.53. The maximum absolute atomic E-state index is 12.8. The van der Waals surface area contributed by atoms with Crippen LogP contribution in [0.4, 0.5) is 0 Å². The average molecular weight is 399 g/mol. The molecule has 0 bridgehead atoms. The summed E-state index contributed by atoms with van der Waals surface area (Å²) < 4.78 is 2.13. The van der Waals surface area contributed by atoms with E-state index in [1.807, 2.05) is 30.3 Å². The molecule has 1 aliphatic carbocycles. The molecule has 1 amide bonds. The van der Waals surface area contributed by atoms with E-state index in [-0.39, 0.29) is 18.5 Å². The Morgan fingerprint density at radius 3 is 2.59 bits per heavy atom. The summed E-state index contributed by atoms with van der Waals surface area (Å²) in [6.07, 6.45) is 2.28. The number of benzene rings is 2. The summed E-state index contributed by atoms with van der Waals surface area (Å²) in [5, 5.41) is 10.9. The Hall–Kier alpha value is -2.44. The second kappa shape index (κ2) is 7.66. The largest absolute Gasteiger partial charge is 0.347 e. The highest BCUT2D eigenvalue weighted by atomic mass is 35.5. The van der Waals surface area contributed by atoms with Gasteiger partial charge in [0.25, 0.3) is 0 Å². The molecular formula is C20H19ClN4OS. The number of hydrogen-bond donors (Lipinski definition) is 2. The fraction of sp³-hybridized carbons (Fsp3) is 0.250. The lowest BCUT2D eigenvalue weighted by Crippen LogP contribution is -2.33. The quantitative estimate of drug-likeness (QED) is 0.599. The van der Waals surface area contributed by atoms with Crippen LogP contribution in [-0.4, -0.2) is 20.7 Å². The van der Waals surface area contributed by atoms with Gasteiger partial charge in [0.05, 0.1) is 6.04 Å². The molecule has 1 fully saturated rings. The third kappa shape index (κ3) is 4.12. The topological polar surface area (TPSA) is 62.7 Å². The van der Waals surface area contributed by atoms with Crippen molar-refractivity contribution in [1.29, 1.82) is 0 Å². The molecule has 1 aliphatic rings. The van der Waals surface area contributed by atoms with Crippen molar-refractivity contribution in [1.82, 2.24) is 20.1 Å². The number of rotatable bonds is 6. The number of carbonyl (C=O) groups is 1. The first kappa shape index (κ1) is 17.9. The highest BCUT2D eigenvalue weighted by Gasteiger charge is 2.33. The van der Waals surface area contributed by atoms with E-state index in [4.69, 9.17) is 23.8 Å². The molecule has 2 N–H and O–H groups in total. The molecule has 0 saturated heterocycles. The van der Waals surface area contributed by atoms with E-state index in [0.29, 0.717) is 21.5 Å². The van der Waals surface area contributed by atoms with E-state index in [2.05, 4.69) is 27.6 Å². The van der Waals surface area contributed by atoms with Gasteiger partial charge in [-0.3, -0.25) is 14.5 Å². The summed E-state index contributed by atoms with van der Waals surface area (Å²) >= 11 is 11.3. The summed E-state index contributed by atoms with van der Waals surface area (Å²) in [7, 11) is 0. The predicted molar refractivity (Wildman–Crippen MR) is 108 cm³/mol. The summed E-state index contributed by atoms with van der Waals surface area (Å²) in [5.41, 5.74) is 1.99. The van der Waals surface area contributed by atoms with E-state index < -0.39 is 0 Å². The number of nitrogens with one attached hydrogen (secondary N) is 2. The van der Waals surface area contributed by atoms with Crippen molar-refractivity contribution in [3.05, 3.63) is 70.0 Å². The smallest absolute Gasteiger partial charge is 0.240 e. The molecule has 4 rings (SSSR count). The van der Waals surface area contributed by atoms with Gasteiger partial charge >= 0.3 is 0 Å². The van der Waals surface area contributed by atoms with Gasteiger partial charge < -0.3 is 5.32 Å². The monoisotopic (exact) mass is 398 g/mol. The van der Waals surface area contributed by atoms with Gasteiger partial charge in [-0.05, 0) is 60.8 Å². The van der Waals surface area contributed by atoms with Crippen molar-refractivity contribution in [2.24, 2.45) is 5.92 Å². The van der Waals surface area contributed by atoms with Gasteiger partial charge in [0, 0.05) is 10.6 Å². The van der Waals surface area contributed by atoms with Crippen LogP contribution in [-0.2, 0) is 11.3 Å². The summed E-state index contributed by atoms with van der Waals surface area (Å²) in [6.45, 7) is 0.114. The molecule has 1 heterocycles. The summed E-state index contributed by atoms with van der Waals surface area (Å²) in [5.74, 6) is 1.04. The van der Waals surface area contributed by atoms with Crippen LogP contribution >= 0.6 is 23.8 Å². The van der Waals surface area contributed by atoms with Gasteiger partial charge in [0.15, 0.2) is 10.6 Å². The second-order valence-electron chi connectivity index (χ2n) is 6.74. The van der Waals surface area contributed by atoms with Crippen molar-refractivity contribution in [2.75, 3.05) is 0 Å². The minimum absolute atomic E-state index is 0.0405. The first-order valence-electron chi connectivity index (χ1n) is 8.87. The van der Waals surface area contributed by atoms with Crippen molar-refractivity contribution >= 4 is 29.7 Å². The molecule has 7 heteroatoms. The van der Waals surface area contributed by atoms with Crippen molar-refractivity contribution in [2.45, 2.75) is 25.4 Å². The van der Waals surface area contributed by atoms with Crippen LogP contribution in [0.2, 0.25) is 5.02 Å². The number of amides is 1. The maximum atomic E-state index is 12.8. The molecule has 3 aromatic rings. The minimum Gasteiger partial charge on any atom is -0.347 e. The maximum Gasteiger partial charge on any atom is 0.240 e. The normalized spacial score (nSPS) is 14.7. The molecule has 27 heavy (non-hydrogen) atoms. The molecule has 1 atom stereocenters. The Kier molecular flexibility index (Phi) is 5.09. The number of hydrogen-bond acceptors (Lipinski definition) is 3. The third-order valence-corrected chi connectivity index (χ3v) is 5.29. The number of halogens is 1. The van der Waals surface area contributed by atoms with Crippen LogP contribution in [0.15, 0.2) is 54.6 Å². The lowest BCUT2D eigenvalue weighted by Gasteiger charge is -2.19. The van der Waals surface area contributed by atoms with Gasteiger partial charge in [-0.1, -0.05) is 41.9 Å². The van der Waals surface area contributed by atoms with E-state index in [9.17, 15) is 4.79 Å². The Labute approximate surface area is 167 Å². The number of aromatic amines is 1. The molecule has 1 saturated carbocycles. The van der Waals surface area contributed by atoms with Crippen LogP contribution in [0.1, 0.15) is 24.4 Å². The molecule has 1 unspecified atom stereocenters. The first-order chi connectivity index (χ1) is 13.1. The molecule has 0 spiro atoms. The lowest BCUT2D eigenvalue weighted by atomic mass is 10.0. The molecule has 0 aliphatic heterocycles. The first-order valence-corrected chi connectivity index (χ1v) is 9.66. The Bertz CT molecular complexity index is 993. The van der Waals surface area contributed by atoms with Crippen LogP contribution in [0.5, 0.6) is 0 Å². The fourth-order valence-electron chi connectivity index (χ4n) is 3.21. The Morgan fingerprint density at radius 1 is 1.22 bits per heavy atom. The van der Waals surface area contributed by atoms with Gasteiger partial charge in [-0.25, -0.2) is 0 Å². The highest BCUT2D eigenvalue weighted by Crippen LogP contribution is 2.40. The highest BCUT2D eigenvalue weighted by molar-refractivity contribution is 7.71. The summed E-state index contributed by atoms with van der Waals surface area (Å²) in [4.78, 5) is 12.8. The van der Waals surface area contributed by atoms with Crippen LogP contribution < -0.4 is 5.32 Å². The Morgan fingerprint density at radius 2 is 1.93 bits per heavy atom. The number of nitrogens with zero attached hydrogens (tertiary/aromatic N) is 2. The molecular weight excluding hydrogens is 380 g/mol. The SMILES string of the molecule is O=C(Cn1c(-c2ccc(Cl)cc2)n[nH]c1=S)NC(c1ccccc1)C1CC1. The third-order valence-electron chi connectivity index (χ3n) is 4.73. The zero-order valence-electron chi connectivity index (χ0n) is 14.6. The average Bonchev–Trinajstić information content (AvgIpc) is 3.46. The van der Waals surface area contributed by atoms with E-state index in [1.54, 1.807) is 16.7 Å². The molecule has 138 valence electrons. The zero-order valence-corrected chi connectivity index (χ0v) is 16.1. The number of H-pyrrole nitrogens is 1. The minimum atomic E-state index is -0.0801. The van der Waals surface area contributed by atoms with Crippen molar-refractivity contribution in [3.8, 4) is 11.4 Å². The number of carbonyl (C=O) groups excluding carboxylic acids is 1. The molecule has 2 aromatic carbocycles. The van der Waals surface area contributed by atoms with Gasteiger partial charge in [0.2, 0.25) is 5.91 Å². The van der Waals surface area contributed by atoms with E-state index in [0.717, 1.165) is 24.0 Å². The van der Waals surface area contributed by atoms with E-state index >= 15 is 0 Å². The summed E-state index contributed by atoms with van der Waals surface area (Å²) in [6, 6.07) is 17.4. The lowest BCUT2D eigenvalue weighted by molar-refractivity contribution is -0.122. The van der Waals surface area contributed by atoms with Crippen LogP contribution in [0, 0.1) is 10.7 Å². The Balaban J connectivity index is 1.54. The molecule has 0 radical (unpaired) electrons. The number of aromatic nitrogens is 3. The standard InChI is InChI=1S/C20H19ClN4OS/c21-16-10-8-15(9-11-16)19-23-24-20(27)25(19)12-17(26)22-18(14-6-7-14)13-4-2-1-3-5-13/h1-5,8-11,14,18H,6-7,12H2,(H,22,26)(H,24,27).